The van der Waals surface area contributed by atoms with Gasteiger partial charge < -0.3 is 9.47 Å². The second-order valence-corrected chi connectivity index (χ2v) is 4.03. The van der Waals surface area contributed by atoms with Crippen LogP contribution in [-0.2, 0) is 14.3 Å². The van der Waals surface area contributed by atoms with Crippen LogP contribution in [0, 0.1) is 6.92 Å². The van der Waals surface area contributed by atoms with Gasteiger partial charge in [-0.3, -0.25) is 0 Å². The lowest BCUT2D eigenvalue weighted by Crippen LogP contribution is -2.18. The molecular weight excluding hydrogens is 216 g/mol. The number of hydrogen-bond donors (Lipinski definition) is 0. The lowest BCUT2D eigenvalue weighted by molar-refractivity contribution is -0.145. The van der Waals surface area contributed by atoms with Crippen molar-refractivity contribution in [2.24, 2.45) is 0 Å². The largest absolute Gasteiger partial charge is 0.498 e. The maximum Gasteiger partial charge on any atom is 0.334 e. The van der Waals surface area contributed by atoms with E-state index in [2.05, 4.69) is 0 Å². The molecule has 1 heterocycles. The summed E-state index contributed by atoms with van der Waals surface area (Å²) in [4.78, 5) is 11.5. The first-order chi connectivity index (χ1) is 8.20. The van der Waals surface area contributed by atoms with E-state index in [1.807, 2.05) is 38.1 Å². The fraction of sp³-hybridized carbons (Fsp3) is 0.357. The Balaban J connectivity index is 2.22. The van der Waals surface area contributed by atoms with Gasteiger partial charge in [-0.05, 0) is 25.0 Å². The average molecular weight is 232 g/mol. The summed E-state index contributed by atoms with van der Waals surface area (Å²) in [6.45, 7) is 4.49. The molecule has 2 rings (SSSR count). The van der Waals surface area contributed by atoms with Crippen LogP contribution >= 0.6 is 0 Å². The van der Waals surface area contributed by atoms with Gasteiger partial charge in [0, 0.05) is 6.42 Å². The summed E-state index contributed by atoms with van der Waals surface area (Å²) in [5.74, 6) is 0.380. The molecule has 0 aromatic heterocycles. The first kappa shape index (κ1) is 11.7. The predicted molar refractivity (Wildman–Crippen MR) is 64.3 cm³/mol. The van der Waals surface area contributed by atoms with Crippen molar-refractivity contribution in [2.45, 2.75) is 26.4 Å². The van der Waals surface area contributed by atoms with Crippen molar-refractivity contribution >= 4 is 5.97 Å². The smallest absolute Gasteiger partial charge is 0.334 e. The minimum Gasteiger partial charge on any atom is -0.498 e. The molecule has 0 fully saturated rings. The number of esters is 1. The molecule has 0 N–H and O–H groups in total. The van der Waals surface area contributed by atoms with Crippen LogP contribution in [0.1, 0.15) is 30.6 Å². The first-order valence-corrected chi connectivity index (χ1v) is 5.80. The van der Waals surface area contributed by atoms with Crippen molar-refractivity contribution in [3.05, 3.63) is 47.2 Å². The predicted octanol–water partition coefficient (Wildman–Crippen LogP) is 2.90. The number of benzene rings is 1. The minimum absolute atomic E-state index is 0.227. The van der Waals surface area contributed by atoms with Crippen LogP contribution in [0.2, 0.25) is 0 Å². The van der Waals surface area contributed by atoms with E-state index in [1.54, 1.807) is 0 Å². The second-order valence-electron chi connectivity index (χ2n) is 4.03. The highest BCUT2D eigenvalue weighted by Crippen LogP contribution is 2.31. The molecule has 3 heteroatoms. The Labute approximate surface area is 101 Å². The van der Waals surface area contributed by atoms with E-state index in [1.165, 1.54) is 6.08 Å². The van der Waals surface area contributed by atoms with Gasteiger partial charge in [0.15, 0.2) is 0 Å². The van der Waals surface area contributed by atoms with Crippen LogP contribution in [0.15, 0.2) is 36.1 Å². The van der Waals surface area contributed by atoms with E-state index < -0.39 is 0 Å². The molecule has 0 aliphatic carbocycles. The Morgan fingerprint density at radius 2 is 2.18 bits per heavy atom. The first-order valence-electron chi connectivity index (χ1n) is 5.80. The van der Waals surface area contributed by atoms with E-state index in [0.717, 1.165) is 11.1 Å². The maximum atomic E-state index is 11.5. The number of carbonyl (C=O) groups is 1. The monoisotopic (exact) mass is 232 g/mol. The average Bonchev–Trinajstić information content (AvgIpc) is 2.29. The van der Waals surface area contributed by atoms with Crippen LogP contribution in [-0.4, -0.2) is 12.6 Å². The summed E-state index contributed by atoms with van der Waals surface area (Å²) in [7, 11) is 0. The molecule has 0 saturated carbocycles. The van der Waals surface area contributed by atoms with Crippen molar-refractivity contribution < 1.29 is 14.3 Å². The molecule has 0 amide bonds. The molecule has 90 valence electrons. The molecule has 0 radical (unpaired) electrons. The molecule has 1 aromatic rings. The molecule has 1 aliphatic heterocycles. The van der Waals surface area contributed by atoms with Crippen LogP contribution in [0.4, 0.5) is 0 Å². The van der Waals surface area contributed by atoms with Crippen molar-refractivity contribution in [3.8, 4) is 0 Å². The van der Waals surface area contributed by atoms with Crippen LogP contribution in [0.3, 0.4) is 0 Å². The standard InChI is InChI=1S/C14H16O3/c1-3-16-11-8-13(17-14(15)9-11)12-7-5-4-6-10(12)2/h4-7,9,13H,3,8H2,1-2H3. The summed E-state index contributed by atoms with van der Waals surface area (Å²) < 4.78 is 10.7. The zero-order valence-corrected chi connectivity index (χ0v) is 10.1. The van der Waals surface area contributed by atoms with Crippen molar-refractivity contribution in [1.29, 1.82) is 0 Å². The third kappa shape index (κ3) is 2.67. The molecule has 0 bridgehead atoms. The Kier molecular flexibility index (Phi) is 3.47. The van der Waals surface area contributed by atoms with E-state index in [0.29, 0.717) is 18.8 Å². The number of carbonyl (C=O) groups excluding carboxylic acids is 1. The molecule has 17 heavy (non-hydrogen) atoms. The topological polar surface area (TPSA) is 35.5 Å². The molecule has 3 nitrogen and oxygen atoms in total. The lowest BCUT2D eigenvalue weighted by atomic mass is 9.99. The van der Waals surface area contributed by atoms with E-state index in [4.69, 9.17) is 9.47 Å². The highest BCUT2D eigenvalue weighted by Gasteiger charge is 2.24. The van der Waals surface area contributed by atoms with Gasteiger partial charge in [0.1, 0.15) is 11.9 Å². The Hall–Kier alpha value is -1.77. The Morgan fingerprint density at radius 3 is 2.88 bits per heavy atom. The highest BCUT2D eigenvalue weighted by molar-refractivity contribution is 5.83. The van der Waals surface area contributed by atoms with Crippen molar-refractivity contribution in [3.63, 3.8) is 0 Å². The zero-order valence-electron chi connectivity index (χ0n) is 10.1. The maximum absolute atomic E-state index is 11.5. The summed E-state index contributed by atoms with van der Waals surface area (Å²) >= 11 is 0. The number of cyclic esters (lactones) is 1. The Bertz CT molecular complexity index is 449. The second kappa shape index (κ2) is 5.04. The van der Waals surface area contributed by atoms with E-state index in [9.17, 15) is 4.79 Å². The van der Waals surface area contributed by atoms with Gasteiger partial charge in [-0.1, -0.05) is 24.3 Å². The normalized spacial score (nSPS) is 19.5. The third-order valence-electron chi connectivity index (χ3n) is 2.79. The van der Waals surface area contributed by atoms with Crippen molar-refractivity contribution in [1.82, 2.24) is 0 Å². The summed E-state index contributed by atoms with van der Waals surface area (Å²) in [6, 6.07) is 7.93. The molecule has 1 atom stereocenters. The number of aryl methyl sites for hydroxylation is 1. The van der Waals surface area contributed by atoms with Gasteiger partial charge in [-0.2, -0.15) is 0 Å². The molecular formula is C14H16O3. The lowest BCUT2D eigenvalue weighted by Gasteiger charge is -2.24. The van der Waals surface area contributed by atoms with Crippen LogP contribution in [0.25, 0.3) is 0 Å². The number of ether oxygens (including phenoxy) is 2. The molecule has 0 spiro atoms. The van der Waals surface area contributed by atoms with Gasteiger partial charge in [-0.25, -0.2) is 4.79 Å². The molecule has 0 saturated heterocycles. The zero-order chi connectivity index (χ0) is 12.3. The number of hydrogen-bond acceptors (Lipinski definition) is 3. The fourth-order valence-electron chi connectivity index (χ4n) is 2.00. The van der Waals surface area contributed by atoms with E-state index in [-0.39, 0.29) is 12.1 Å². The molecule has 1 aromatic carbocycles. The van der Waals surface area contributed by atoms with Gasteiger partial charge in [0.05, 0.1) is 12.7 Å². The third-order valence-corrected chi connectivity index (χ3v) is 2.79. The van der Waals surface area contributed by atoms with Gasteiger partial charge >= 0.3 is 5.97 Å². The SMILES string of the molecule is CCOC1=CC(=O)OC(c2ccccc2C)C1. The fourth-order valence-corrected chi connectivity index (χ4v) is 2.00. The Morgan fingerprint density at radius 1 is 1.41 bits per heavy atom. The van der Waals surface area contributed by atoms with Gasteiger partial charge in [-0.15, -0.1) is 0 Å². The van der Waals surface area contributed by atoms with Crippen molar-refractivity contribution in [2.75, 3.05) is 6.61 Å². The molecule has 1 aliphatic rings. The number of rotatable bonds is 3. The van der Waals surface area contributed by atoms with E-state index >= 15 is 0 Å². The highest BCUT2D eigenvalue weighted by atomic mass is 16.6. The summed E-state index contributed by atoms with van der Waals surface area (Å²) in [5, 5.41) is 0. The summed E-state index contributed by atoms with van der Waals surface area (Å²) in [6.07, 6.45) is 1.82. The van der Waals surface area contributed by atoms with Crippen LogP contribution < -0.4 is 0 Å². The van der Waals surface area contributed by atoms with Gasteiger partial charge in [0.2, 0.25) is 0 Å². The summed E-state index contributed by atoms with van der Waals surface area (Å²) in [5.41, 5.74) is 2.18. The minimum atomic E-state index is -0.326. The van der Waals surface area contributed by atoms with Gasteiger partial charge in [0.25, 0.3) is 0 Å². The molecule has 1 unspecified atom stereocenters. The quantitative estimate of drug-likeness (QED) is 0.752. The van der Waals surface area contributed by atoms with Crippen LogP contribution in [0.5, 0.6) is 0 Å².